The summed E-state index contributed by atoms with van der Waals surface area (Å²) < 4.78 is 25.4. The van der Waals surface area contributed by atoms with Crippen LogP contribution in [0.4, 0.5) is 4.39 Å². The molecule has 0 atom stereocenters. The molecule has 6 heteroatoms. The van der Waals surface area contributed by atoms with E-state index in [2.05, 4.69) is 43.6 Å². The zero-order valence-electron chi connectivity index (χ0n) is 16.2. The van der Waals surface area contributed by atoms with Crippen molar-refractivity contribution in [2.45, 2.75) is 76.6 Å². The molecule has 2 rings (SSSR count). The molecular formula is C19H30FNO3Si. The molecule has 0 aromatic carbocycles. The molecule has 1 aromatic heterocycles. The van der Waals surface area contributed by atoms with Gasteiger partial charge in [-0.25, -0.2) is 14.2 Å². The van der Waals surface area contributed by atoms with Crippen LogP contribution >= 0.6 is 0 Å². The Hall–Kier alpha value is -1.27. The lowest BCUT2D eigenvalue weighted by Crippen LogP contribution is -2.44. The van der Waals surface area contributed by atoms with Gasteiger partial charge in [0.15, 0.2) is 8.32 Å². The van der Waals surface area contributed by atoms with Gasteiger partial charge < -0.3 is 9.16 Å². The van der Waals surface area contributed by atoms with E-state index in [1.54, 1.807) is 0 Å². The summed E-state index contributed by atoms with van der Waals surface area (Å²) in [5, 5.41) is 0.187. The van der Waals surface area contributed by atoms with Gasteiger partial charge in [-0.15, -0.1) is 0 Å². The Morgan fingerprint density at radius 3 is 2.32 bits per heavy atom. The predicted molar refractivity (Wildman–Crippen MR) is 98.8 cm³/mol. The zero-order chi connectivity index (χ0) is 18.8. The molecule has 4 nitrogen and oxygen atoms in total. The SMILES string of the molecule is COC(=O)c1ccc(F)c(C2CCC(O[Si](C)(C)C(C)(C)C)CC2)n1. The number of pyridine rings is 1. The van der Waals surface area contributed by atoms with Crippen LogP contribution in [-0.2, 0) is 9.16 Å². The molecule has 0 bridgehead atoms. The van der Waals surface area contributed by atoms with Gasteiger partial charge in [0, 0.05) is 12.0 Å². The van der Waals surface area contributed by atoms with Crippen LogP contribution in [0.25, 0.3) is 0 Å². The van der Waals surface area contributed by atoms with Crippen molar-refractivity contribution in [1.29, 1.82) is 0 Å². The molecule has 1 fully saturated rings. The first-order valence-electron chi connectivity index (χ1n) is 8.97. The number of carbonyl (C=O) groups is 1. The summed E-state index contributed by atoms with van der Waals surface area (Å²) >= 11 is 0. The van der Waals surface area contributed by atoms with Crippen LogP contribution in [0.2, 0.25) is 18.1 Å². The molecule has 25 heavy (non-hydrogen) atoms. The minimum Gasteiger partial charge on any atom is -0.464 e. The molecule has 1 aliphatic carbocycles. The van der Waals surface area contributed by atoms with Crippen molar-refractivity contribution in [1.82, 2.24) is 4.98 Å². The van der Waals surface area contributed by atoms with E-state index in [4.69, 9.17) is 4.43 Å². The molecule has 140 valence electrons. The Morgan fingerprint density at radius 2 is 1.80 bits per heavy atom. The largest absolute Gasteiger partial charge is 0.464 e. The number of hydrogen-bond acceptors (Lipinski definition) is 4. The number of carbonyl (C=O) groups excluding carboxylic acids is 1. The lowest BCUT2D eigenvalue weighted by Gasteiger charge is -2.41. The molecule has 0 spiro atoms. The highest BCUT2D eigenvalue weighted by molar-refractivity contribution is 6.74. The number of ether oxygens (including phenoxy) is 1. The second-order valence-corrected chi connectivity index (χ2v) is 13.2. The lowest BCUT2D eigenvalue weighted by atomic mass is 9.85. The van der Waals surface area contributed by atoms with E-state index in [9.17, 15) is 9.18 Å². The van der Waals surface area contributed by atoms with E-state index in [1.807, 2.05) is 0 Å². The second kappa shape index (κ2) is 7.54. The fraction of sp³-hybridized carbons (Fsp3) is 0.684. The topological polar surface area (TPSA) is 48.4 Å². The molecule has 1 aromatic rings. The second-order valence-electron chi connectivity index (χ2n) is 8.41. The van der Waals surface area contributed by atoms with Gasteiger partial charge in [0.2, 0.25) is 0 Å². The Kier molecular flexibility index (Phi) is 6.04. The molecule has 0 unspecified atom stereocenters. The first kappa shape index (κ1) is 20.0. The Bertz CT molecular complexity index is 620. The minimum atomic E-state index is -1.78. The summed E-state index contributed by atoms with van der Waals surface area (Å²) in [4.78, 5) is 15.9. The Labute approximate surface area is 151 Å². The first-order chi connectivity index (χ1) is 11.5. The summed E-state index contributed by atoms with van der Waals surface area (Å²) in [7, 11) is -0.482. The Morgan fingerprint density at radius 1 is 1.20 bits per heavy atom. The third-order valence-corrected chi connectivity index (χ3v) is 10.1. The maximum absolute atomic E-state index is 14.2. The number of rotatable bonds is 4. The van der Waals surface area contributed by atoms with Crippen LogP contribution in [-0.4, -0.2) is 32.5 Å². The summed E-state index contributed by atoms with van der Waals surface area (Å²) in [6, 6.07) is 2.68. The lowest BCUT2D eigenvalue weighted by molar-refractivity contribution is 0.0593. The van der Waals surface area contributed by atoms with Gasteiger partial charge in [-0.2, -0.15) is 0 Å². The van der Waals surface area contributed by atoms with Gasteiger partial charge in [0.1, 0.15) is 11.5 Å². The minimum absolute atomic E-state index is 0.0314. The summed E-state index contributed by atoms with van der Waals surface area (Å²) in [5.74, 6) is -0.846. The number of aromatic nitrogens is 1. The first-order valence-corrected chi connectivity index (χ1v) is 11.9. The van der Waals surface area contributed by atoms with Crippen LogP contribution in [0, 0.1) is 5.82 Å². The van der Waals surface area contributed by atoms with Crippen LogP contribution in [0.5, 0.6) is 0 Å². The molecule has 0 aliphatic heterocycles. The van der Waals surface area contributed by atoms with Crippen LogP contribution in [0.3, 0.4) is 0 Å². The fourth-order valence-electron chi connectivity index (χ4n) is 3.01. The van der Waals surface area contributed by atoms with E-state index >= 15 is 0 Å². The molecule has 0 N–H and O–H groups in total. The standard InChI is InChI=1S/C19H30FNO3Si/c1-19(2,3)25(5,6)24-14-9-7-13(8-10-14)17-15(20)11-12-16(21-17)18(22)23-4/h11-14H,7-10H2,1-6H3. The quantitative estimate of drug-likeness (QED) is 0.551. The number of methoxy groups -OCH3 is 1. The van der Waals surface area contributed by atoms with Gasteiger partial charge in [-0.3, -0.25) is 0 Å². The number of halogens is 1. The molecule has 1 saturated carbocycles. The monoisotopic (exact) mass is 367 g/mol. The van der Waals surface area contributed by atoms with E-state index in [-0.39, 0.29) is 28.6 Å². The smallest absolute Gasteiger partial charge is 0.356 e. The number of hydrogen-bond donors (Lipinski definition) is 0. The molecule has 0 saturated heterocycles. The normalized spacial score (nSPS) is 21.9. The van der Waals surface area contributed by atoms with Crippen molar-refractivity contribution in [3.05, 3.63) is 29.3 Å². The Balaban J connectivity index is 2.04. The maximum Gasteiger partial charge on any atom is 0.356 e. The average Bonchev–Trinajstić information content (AvgIpc) is 2.54. The zero-order valence-corrected chi connectivity index (χ0v) is 17.2. The van der Waals surface area contributed by atoms with E-state index in [0.29, 0.717) is 5.69 Å². The highest BCUT2D eigenvalue weighted by Crippen LogP contribution is 2.41. The van der Waals surface area contributed by atoms with Crippen LogP contribution in [0.1, 0.15) is 68.6 Å². The molecule has 0 amide bonds. The van der Waals surface area contributed by atoms with E-state index in [1.165, 1.54) is 19.2 Å². The van der Waals surface area contributed by atoms with Gasteiger partial charge >= 0.3 is 5.97 Å². The van der Waals surface area contributed by atoms with Gasteiger partial charge in [-0.1, -0.05) is 20.8 Å². The van der Waals surface area contributed by atoms with Gasteiger partial charge in [0.05, 0.1) is 12.8 Å². The van der Waals surface area contributed by atoms with Crippen molar-refractivity contribution in [3.63, 3.8) is 0 Å². The highest BCUT2D eigenvalue weighted by atomic mass is 28.4. The van der Waals surface area contributed by atoms with Crippen molar-refractivity contribution < 1.29 is 18.3 Å². The highest BCUT2D eigenvalue weighted by Gasteiger charge is 2.40. The molecule has 0 radical (unpaired) electrons. The van der Waals surface area contributed by atoms with Crippen molar-refractivity contribution in [2.75, 3.05) is 7.11 Å². The summed E-state index contributed by atoms with van der Waals surface area (Å²) in [6.45, 7) is 11.2. The molecule has 1 heterocycles. The van der Waals surface area contributed by atoms with E-state index < -0.39 is 14.3 Å². The third kappa shape index (κ3) is 4.67. The van der Waals surface area contributed by atoms with Gasteiger partial charge in [-0.05, 0) is 55.9 Å². The van der Waals surface area contributed by atoms with E-state index in [0.717, 1.165) is 25.7 Å². The van der Waals surface area contributed by atoms with Crippen molar-refractivity contribution >= 4 is 14.3 Å². The molecule has 1 aliphatic rings. The van der Waals surface area contributed by atoms with Crippen LogP contribution < -0.4 is 0 Å². The number of esters is 1. The van der Waals surface area contributed by atoms with Gasteiger partial charge in [0.25, 0.3) is 0 Å². The predicted octanol–water partition coefficient (Wildman–Crippen LogP) is 5.06. The van der Waals surface area contributed by atoms with Crippen LogP contribution in [0.15, 0.2) is 12.1 Å². The number of nitrogens with zero attached hydrogens (tertiary/aromatic N) is 1. The summed E-state index contributed by atoms with van der Waals surface area (Å²) in [6.07, 6.45) is 3.70. The average molecular weight is 368 g/mol. The third-order valence-electron chi connectivity index (χ3n) is 5.60. The fourth-order valence-corrected chi connectivity index (χ4v) is 4.43. The maximum atomic E-state index is 14.2. The van der Waals surface area contributed by atoms with Crippen molar-refractivity contribution in [3.8, 4) is 0 Å². The van der Waals surface area contributed by atoms with Crippen molar-refractivity contribution in [2.24, 2.45) is 0 Å². The summed E-state index contributed by atoms with van der Waals surface area (Å²) in [5.41, 5.74) is 0.548. The molecular weight excluding hydrogens is 337 g/mol.